The summed E-state index contributed by atoms with van der Waals surface area (Å²) in [5.41, 5.74) is 6.43. The van der Waals surface area contributed by atoms with E-state index in [-0.39, 0.29) is 98.4 Å². The van der Waals surface area contributed by atoms with Crippen LogP contribution in [0.25, 0.3) is 11.2 Å². The average molecular weight is 718 g/mol. The molecule has 272 valence electrons. The number of anilines is 2. The van der Waals surface area contributed by atoms with Gasteiger partial charge >= 0.3 is 5.97 Å². The minimum atomic E-state index is -1.27. The standard InChI is InChI=1S/C34H36FN9O8/c35-26-9-5-21(16-22(26)17-36)30(46)38-11-13-52-15-14-51-12-1-2-25(45)8-10-27(33(49)50)42-31(47)20-3-6-23(7-4-20)39-18-24-19-40-29-28(41-24)32(48)44-34(37)43-29/h3-7,9,16,19,27,39H,1-2,8,10-15,18H2,(H,38,46)(H,42,47)(H,49,50)(H3,37,40,43,44,48)/t27-/m0/s1. The molecule has 2 heterocycles. The van der Waals surface area contributed by atoms with Gasteiger partial charge in [0.05, 0.1) is 43.8 Å². The number of nitrogens with zero attached hydrogens (tertiary/aromatic N) is 4. The minimum absolute atomic E-state index is 0.0440. The van der Waals surface area contributed by atoms with Crippen molar-refractivity contribution in [2.75, 3.05) is 44.0 Å². The fraction of sp³-hybridized carbons (Fsp3) is 0.324. The number of H-pyrrole nitrogens is 1. The van der Waals surface area contributed by atoms with Crippen molar-refractivity contribution >= 4 is 46.4 Å². The van der Waals surface area contributed by atoms with Crippen molar-refractivity contribution in [2.24, 2.45) is 0 Å². The van der Waals surface area contributed by atoms with E-state index >= 15 is 0 Å². The molecule has 7 N–H and O–H groups in total. The lowest BCUT2D eigenvalue weighted by Gasteiger charge is -2.14. The van der Waals surface area contributed by atoms with Crippen LogP contribution in [0.15, 0.2) is 53.5 Å². The number of nitrogens with two attached hydrogens (primary N) is 1. The summed E-state index contributed by atoms with van der Waals surface area (Å²) in [6, 6.07) is 10.2. The topological polar surface area (TPSA) is 264 Å². The van der Waals surface area contributed by atoms with Gasteiger partial charge in [-0.05, 0) is 55.3 Å². The number of fused-ring (bicyclic) bond motifs is 1. The number of aromatic amines is 1. The molecule has 4 aromatic rings. The number of carboxylic acids is 1. The Kier molecular flexibility index (Phi) is 14.2. The molecular formula is C34H36FN9O8. The molecule has 0 bridgehead atoms. The van der Waals surface area contributed by atoms with Gasteiger partial charge in [0, 0.05) is 42.8 Å². The Morgan fingerprint density at radius 2 is 1.71 bits per heavy atom. The first kappa shape index (κ1) is 38.5. The maximum Gasteiger partial charge on any atom is 0.326 e. The van der Waals surface area contributed by atoms with Crippen molar-refractivity contribution in [1.82, 2.24) is 30.6 Å². The second-order valence-electron chi connectivity index (χ2n) is 11.2. The predicted molar refractivity (Wildman–Crippen MR) is 184 cm³/mol. The monoisotopic (exact) mass is 717 g/mol. The van der Waals surface area contributed by atoms with Gasteiger partial charge in [-0.3, -0.25) is 24.2 Å². The van der Waals surface area contributed by atoms with E-state index in [1.807, 2.05) is 0 Å². The molecule has 2 aromatic heterocycles. The molecule has 2 amide bonds. The number of nitrogen functional groups attached to an aromatic ring is 1. The van der Waals surface area contributed by atoms with Gasteiger partial charge in [-0.25, -0.2) is 19.2 Å². The van der Waals surface area contributed by atoms with Gasteiger partial charge in [-0.1, -0.05) is 0 Å². The van der Waals surface area contributed by atoms with Gasteiger partial charge < -0.3 is 36.3 Å². The molecule has 0 aliphatic heterocycles. The molecule has 0 radical (unpaired) electrons. The van der Waals surface area contributed by atoms with E-state index < -0.39 is 35.2 Å². The highest BCUT2D eigenvalue weighted by molar-refractivity contribution is 5.97. The molecule has 0 unspecified atom stereocenters. The van der Waals surface area contributed by atoms with Crippen LogP contribution in [-0.2, 0) is 25.6 Å². The van der Waals surface area contributed by atoms with E-state index in [1.54, 1.807) is 18.2 Å². The molecule has 2 aromatic carbocycles. The number of ketones is 1. The number of Topliss-reactive ketones (excluding diaryl/α,β-unsaturated/α-hetero) is 1. The molecular weight excluding hydrogens is 681 g/mol. The Bertz CT molecular complexity index is 2000. The number of nitriles is 1. The quantitative estimate of drug-likeness (QED) is 0.0711. The lowest BCUT2D eigenvalue weighted by molar-refractivity contribution is -0.139. The van der Waals surface area contributed by atoms with Gasteiger partial charge in [0.1, 0.15) is 23.7 Å². The number of carbonyl (C=O) groups is 4. The molecule has 0 spiro atoms. The van der Waals surface area contributed by atoms with Gasteiger partial charge in [0.15, 0.2) is 11.2 Å². The highest BCUT2D eigenvalue weighted by atomic mass is 19.1. The summed E-state index contributed by atoms with van der Waals surface area (Å²) in [5, 5.41) is 26.6. The van der Waals surface area contributed by atoms with Crippen LogP contribution in [0.4, 0.5) is 16.0 Å². The first-order valence-electron chi connectivity index (χ1n) is 16.1. The summed E-state index contributed by atoms with van der Waals surface area (Å²) in [6.07, 6.45) is 1.92. The Hall–Kier alpha value is -6.32. The second kappa shape index (κ2) is 19.2. The molecule has 52 heavy (non-hydrogen) atoms. The number of rotatable bonds is 20. The van der Waals surface area contributed by atoms with Crippen molar-refractivity contribution in [3.8, 4) is 6.07 Å². The van der Waals surface area contributed by atoms with Gasteiger partial charge in [0.25, 0.3) is 17.4 Å². The van der Waals surface area contributed by atoms with E-state index in [4.69, 9.17) is 20.5 Å². The Balaban J connectivity index is 1.07. The SMILES string of the molecule is N#Cc1cc(C(=O)NCCOCCOCCCC(=O)CC[C@H](NC(=O)c2ccc(NCc3cnc4nc(N)[nH]c(=O)c4n3)cc2)C(=O)O)ccc1F. The highest BCUT2D eigenvalue weighted by Gasteiger charge is 2.22. The number of hydrogen-bond acceptors (Lipinski definition) is 13. The molecule has 0 fully saturated rings. The normalized spacial score (nSPS) is 11.4. The third-order valence-corrected chi connectivity index (χ3v) is 7.42. The fourth-order valence-corrected chi connectivity index (χ4v) is 4.70. The number of hydrogen-bond donors (Lipinski definition) is 6. The fourth-order valence-electron chi connectivity index (χ4n) is 4.70. The maximum absolute atomic E-state index is 13.4. The zero-order valence-corrected chi connectivity index (χ0v) is 27.8. The second-order valence-corrected chi connectivity index (χ2v) is 11.2. The summed E-state index contributed by atoms with van der Waals surface area (Å²) in [5.74, 6) is -3.27. The van der Waals surface area contributed by atoms with Crippen molar-refractivity contribution in [1.29, 1.82) is 5.26 Å². The lowest BCUT2D eigenvalue weighted by atomic mass is 10.1. The van der Waals surface area contributed by atoms with Crippen LogP contribution < -0.4 is 27.2 Å². The number of nitrogens with one attached hydrogen (secondary N) is 4. The number of carbonyl (C=O) groups excluding carboxylic acids is 3. The lowest BCUT2D eigenvalue weighted by Crippen LogP contribution is -2.41. The number of aliphatic carboxylic acids is 1. The zero-order valence-electron chi connectivity index (χ0n) is 27.8. The van der Waals surface area contributed by atoms with Gasteiger partial charge in [-0.15, -0.1) is 0 Å². The summed E-state index contributed by atoms with van der Waals surface area (Å²) < 4.78 is 24.2. The summed E-state index contributed by atoms with van der Waals surface area (Å²) in [6.45, 7) is 1.39. The van der Waals surface area contributed by atoms with Crippen LogP contribution in [0, 0.1) is 17.1 Å². The van der Waals surface area contributed by atoms with E-state index in [1.165, 1.54) is 30.5 Å². The predicted octanol–water partition coefficient (Wildman–Crippen LogP) is 1.69. The smallest absolute Gasteiger partial charge is 0.326 e. The molecule has 0 saturated heterocycles. The van der Waals surface area contributed by atoms with Crippen molar-refractivity contribution in [2.45, 2.75) is 38.3 Å². The van der Waals surface area contributed by atoms with E-state index in [2.05, 4.69) is 35.9 Å². The number of carboxylic acid groups (broad SMARTS) is 1. The first-order chi connectivity index (χ1) is 25.0. The van der Waals surface area contributed by atoms with Gasteiger partial charge in [0.2, 0.25) is 5.95 Å². The van der Waals surface area contributed by atoms with Gasteiger partial charge in [-0.2, -0.15) is 10.2 Å². The molecule has 0 aliphatic rings. The highest BCUT2D eigenvalue weighted by Crippen LogP contribution is 2.13. The summed E-state index contributed by atoms with van der Waals surface area (Å²) in [7, 11) is 0. The zero-order chi connectivity index (χ0) is 37.5. The molecule has 0 aliphatic carbocycles. The third-order valence-electron chi connectivity index (χ3n) is 7.42. The molecule has 4 rings (SSSR count). The average Bonchev–Trinajstić information content (AvgIpc) is 3.13. The van der Waals surface area contributed by atoms with Crippen molar-refractivity contribution < 1.29 is 38.1 Å². The summed E-state index contributed by atoms with van der Waals surface area (Å²) in [4.78, 5) is 75.7. The Labute approximate surface area is 295 Å². The van der Waals surface area contributed by atoms with Crippen molar-refractivity contribution in [3.05, 3.63) is 87.2 Å². The Morgan fingerprint density at radius 1 is 0.981 bits per heavy atom. The van der Waals surface area contributed by atoms with E-state index in [0.29, 0.717) is 17.8 Å². The van der Waals surface area contributed by atoms with Crippen LogP contribution in [0.2, 0.25) is 0 Å². The molecule has 18 heteroatoms. The van der Waals surface area contributed by atoms with E-state index in [9.17, 15) is 33.5 Å². The number of amides is 2. The first-order valence-corrected chi connectivity index (χ1v) is 16.1. The third kappa shape index (κ3) is 11.6. The summed E-state index contributed by atoms with van der Waals surface area (Å²) >= 11 is 0. The number of halogens is 1. The van der Waals surface area contributed by atoms with E-state index in [0.717, 1.165) is 6.07 Å². The van der Waals surface area contributed by atoms with Crippen LogP contribution >= 0.6 is 0 Å². The van der Waals surface area contributed by atoms with Crippen LogP contribution in [-0.4, -0.2) is 87.6 Å². The molecule has 17 nitrogen and oxygen atoms in total. The number of aromatic nitrogens is 4. The van der Waals surface area contributed by atoms with Crippen LogP contribution in [0.3, 0.4) is 0 Å². The Morgan fingerprint density at radius 3 is 2.44 bits per heavy atom. The van der Waals surface area contributed by atoms with Crippen molar-refractivity contribution in [3.63, 3.8) is 0 Å². The largest absolute Gasteiger partial charge is 0.480 e. The minimum Gasteiger partial charge on any atom is -0.480 e. The molecule has 1 atom stereocenters. The maximum atomic E-state index is 13.4. The number of benzene rings is 2. The van der Waals surface area contributed by atoms with Crippen LogP contribution in [0.5, 0.6) is 0 Å². The molecule has 0 saturated carbocycles. The number of ether oxygens (including phenoxy) is 2. The van der Waals surface area contributed by atoms with Crippen LogP contribution in [0.1, 0.15) is 57.7 Å².